The van der Waals surface area contributed by atoms with Crippen molar-refractivity contribution in [2.75, 3.05) is 6.54 Å². The molecule has 5 heteroatoms. The lowest BCUT2D eigenvalue weighted by Gasteiger charge is -2.11. The van der Waals surface area contributed by atoms with Crippen LogP contribution < -0.4 is 10.6 Å². The summed E-state index contributed by atoms with van der Waals surface area (Å²) in [6, 6.07) is 8.80. The molecule has 0 unspecified atom stereocenters. The Labute approximate surface area is 118 Å². The molecular formula is C15H17N3O2. The van der Waals surface area contributed by atoms with Gasteiger partial charge in [-0.2, -0.15) is 5.26 Å². The average Bonchev–Trinajstić information content (AvgIpc) is 3.26. The van der Waals surface area contributed by atoms with E-state index < -0.39 is 6.04 Å². The third kappa shape index (κ3) is 3.82. The topological polar surface area (TPSA) is 82.0 Å². The number of nitriles is 1. The Morgan fingerprint density at radius 1 is 1.45 bits per heavy atom. The maximum Gasteiger partial charge on any atom is 0.251 e. The predicted octanol–water partition coefficient (Wildman–Crippen LogP) is 1.14. The van der Waals surface area contributed by atoms with Crippen molar-refractivity contribution in [3.63, 3.8) is 0 Å². The van der Waals surface area contributed by atoms with Gasteiger partial charge in [-0.25, -0.2) is 0 Å². The van der Waals surface area contributed by atoms with E-state index in [9.17, 15) is 9.59 Å². The Balaban J connectivity index is 1.81. The second-order valence-electron chi connectivity index (χ2n) is 5.06. The van der Waals surface area contributed by atoms with Crippen LogP contribution in [-0.2, 0) is 4.79 Å². The second-order valence-corrected chi connectivity index (χ2v) is 5.06. The van der Waals surface area contributed by atoms with E-state index in [-0.39, 0.29) is 24.3 Å². The summed E-state index contributed by atoms with van der Waals surface area (Å²) in [5.41, 5.74) is 1.51. The van der Waals surface area contributed by atoms with E-state index in [2.05, 4.69) is 16.7 Å². The van der Waals surface area contributed by atoms with Gasteiger partial charge in [0.05, 0.1) is 12.6 Å². The first kappa shape index (κ1) is 14.1. The smallest absolute Gasteiger partial charge is 0.251 e. The summed E-state index contributed by atoms with van der Waals surface area (Å²) >= 11 is 0. The average molecular weight is 271 g/mol. The normalized spacial score (nSPS) is 15.0. The minimum absolute atomic E-state index is 0.113. The van der Waals surface area contributed by atoms with Crippen molar-refractivity contribution in [1.82, 2.24) is 10.6 Å². The summed E-state index contributed by atoms with van der Waals surface area (Å²) in [6.45, 7) is 1.79. The van der Waals surface area contributed by atoms with E-state index >= 15 is 0 Å². The molecule has 1 aliphatic rings. The molecule has 2 N–H and O–H groups in total. The molecule has 1 atom stereocenters. The number of benzene rings is 1. The van der Waals surface area contributed by atoms with Crippen molar-refractivity contribution in [1.29, 1.82) is 5.26 Å². The van der Waals surface area contributed by atoms with E-state index in [1.54, 1.807) is 18.2 Å². The van der Waals surface area contributed by atoms with Crippen molar-refractivity contribution in [2.45, 2.75) is 25.8 Å². The molecule has 0 aliphatic heterocycles. The summed E-state index contributed by atoms with van der Waals surface area (Å²) in [5.74, 6) is -0.343. The van der Waals surface area contributed by atoms with Gasteiger partial charge < -0.3 is 10.6 Å². The lowest BCUT2D eigenvalue weighted by Crippen LogP contribution is -2.42. The summed E-state index contributed by atoms with van der Waals surface area (Å²) in [5, 5.41) is 14.1. The second kappa shape index (κ2) is 6.20. The van der Waals surface area contributed by atoms with E-state index in [0.717, 1.165) is 18.4 Å². The predicted molar refractivity (Wildman–Crippen MR) is 73.8 cm³/mol. The van der Waals surface area contributed by atoms with Gasteiger partial charge in [0.25, 0.3) is 5.91 Å². The SMILES string of the molecule is Cc1cccc(C(=O)NCC(=O)N[C@H](C#N)C2CC2)c1. The highest BCUT2D eigenvalue weighted by Gasteiger charge is 2.32. The Kier molecular flexibility index (Phi) is 4.36. The zero-order valence-electron chi connectivity index (χ0n) is 11.3. The Hall–Kier alpha value is -2.35. The first-order chi connectivity index (χ1) is 9.60. The van der Waals surface area contributed by atoms with Gasteiger partial charge in [-0.1, -0.05) is 17.7 Å². The fraction of sp³-hybridized carbons (Fsp3) is 0.400. The molecule has 0 aromatic heterocycles. The third-order valence-electron chi connectivity index (χ3n) is 3.24. The highest BCUT2D eigenvalue weighted by Crippen LogP contribution is 2.32. The van der Waals surface area contributed by atoms with E-state index in [0.29, 0.717) is 5.56 Å². The van der Waals surface area contributed by atoms with Crippen molar-refractivity contribution in [3.8, 4) is 6.07 Å². The van der Waals surface area contributed by atoms with E-state index in [1.807, 2.05) is 13.0 Å². The zero-order valence-corrected chi connectivity index (χ0v) is 11.3. The van der Waals surface area contributed by atoms with E-state index in [1.165, 1.54) is 0 Å². The van der Waals surface area contributed by atoms with Crippen LogP contribution in [0.25, 0.3) is 0 Å². The number of rotatable bonds is 5. The first-order valence-corrected chi connectivity index (χ1v) is 6.64. The number of hydrogen-bond donors (Lipinski definition) is 2. The van der Waals surface area contributed by atoms with Crippen LogP contribution >= 0.6 is 0 Å². The Morgan fingerprint density at radius 3 is 2.80 bits per heavy atom. The number of aryl methyl sites for hydroxylation is 1. The quantitative estimate of drug-likeness (QED) is 0.842. The molecule has 0 heterocycles. The molecule has 1 saturated carbocycles. The standard InChI is InChI=1S/C15H17N3O2/c1-10-3-2-4-12(7-10)15(20)17-9-14(19)18-13(8-16)11-5-6-11/h2-4,7,11,13H,5-6,9H2,1H3,(H,17,20)(H,18,19)/t13-/m1/s1. The highest BCUT2D eigenvalue weighted by atomic mass is 16.2. The summed E-state index contributed by atoms with van der Waals surface area (Å²) in [7, 11) is 0. The number of carbonyl (C=O) groups excluding carboxylic acids is 2. The first-order valence-electron chi connectivity index (χ1n) is 6.64. The van der Waals surface area contributed by atoms with Gasteiger partial charge in [-0.05, 0) is 37.8 Å². The number of nitrogens with one attached hydrogen (secondary N) is 2. The summed E-state index contributed by atoms with van der Waals surface area (Å²) < 4.78 is 0. The van der Waals surface area contributed by atoms with Gasteiger partial charge in [0, 0.05) is 5.56 Å². The van der Waals surface area contributed by atoms with Gasteiger partial charge in [0.1, 0.15) is 6.04 Å². The highest BCUT2D eigenvalue weighted by molar-refractivity contribution is 5.96. The fourth-order valence-corrected chi connectivity index (χ4v) is 1.96. The largest absolute Gasteiger partial charge is 0.343 e. The molecule has 5 nitrogen and oxygen atoms in total. The van der Waals surface area contributed by atoms with Gasteiger partial charge in [0.2, 0.25) is 5.91 Å². The number of carbonyl (C=O) groups is 2. The van der Waals surface area contributed by atoms with Crippen LogP contribution in [0.5, 0.6) is 0 Å². The molecule has 104 valence electrons. The van der Waals surface area contributed by atoms with Gasteiger partial charge in [0.15, 0.2) is 0 Å². The lowest BCUT2D eigenvalue weighted by atomic mass is 10.1. The van der Waals surface area contributed by atoms with Crippen LogP contribution in [0, 0.1) is 24.2 Å². The van der Waals surface area contributed by atoms with Crippen molar-refractivity contribution in [3.05, 3.63) is 35.4 Å². The molecule has 1 fully saturated rings. The maximum atomic E-state index is 11.8. The van der Waals surface area contributed by atoms with E-state index in [4.69, 9.17) is 5.26 Å². The molecule has 1 aromatic carbocycles. The van der Waals surface area contributed by atoms with Crippen LogP contribution in [-0.4, -0.2) is 24.4 Å². The van der Waals surface area contributed by atoms with Gasteiger partial charge >= 0.3 is 0 Å². The van der Waals surface area contributed by atoms with Crippen LogP contribution in [0.2, 0.25) is 0 Å². The van der Waals surface area contributed by atoms with Crippen molar-refractivity contribution < 1.29 is 9.59 Å². The fourth-order valence-electron chi connectivity index (χ4n) is 1.96. The molecule has 0 saturated heterocycles. The third-order valence-corrected chi connectivity index (χ3v) is 3.24. The van der Waals surface area contributed by atoms with Gasteiger partial charge in [-0.15, -0.1) is 0 Å². The molecule has 2 amide bonds. The lowest BCUT2D eigenvalue weighted by molar-refractivity contribution is -0.120. The van der Waals surface area contributed by atoms with Crippen LogP contribution in [0.15, 0.2) is 24.3 Å². The number of hydrogen-bond acceptors (Lipinski definition) is 3. The number of nitrogens with zero attached hydrogens (tertiary/aromatic N) is 1. The molecular weight excluding hydrogens is 254 g/mol. The Bertz CT molecular complexity index is 558. The molecule has 20 heavy (non-hydrogen) atoms. The molecule has 1 aliphatic carbocycles. The summed E-state index contributed by atoms with van der Waals surface area (Å²) in [6.07, 6.45) is 1.96. The monoisotopic (exact) mass is 271 g/mol. The van der Waals surface area contributed by atoms with Crippen molar-refractivity contribution in [2.24, 2.45) is 5.92 Å². The minimum atomic E-state index is -0.432. The maximum absolute atomic E-state index is 11.8. The van der Waals surface area contributed by atoms with Gasteiger partial charge in [-0.3, -0.25) is 9.59 Å². The minimum Gasteiger partial charge on any atom is -0.343 e. The molecule has 1 aromatic rings. The summed E-state index contributed by atoms with van der Waals surface area (Å²) in [4.78, 5) is 23.5. The van der Waals surface area contributed by atoms with Crippen LogP contribution in [0.1, 0.15) is 28.8 Å². The molecule has 0 radical (unpaired) electrons. The molecule has 0 bridgehead atoms. The van der Waals surface area contributed by atoms with Crippen LogP contribution in [0.3, 0.4) is 0 Å². The Morgan fingerprint density at radius 2 is 2.20 bits per heavy atom. The molecule has 2 rings (SSSR count). The number of amides is 2. The molecule has 0 spiro atoms. The van der Waals surface area contributed by atoms with Crippen LogP contribution in [0.4, 0.5) is 0 Å². The van der Waals surface area contributed by atoms with Crippen molar-refractivity contribution >= 4 is 11.8 Å². The zero-order chi connectivity index (χ0) is 14.5.